The SMILES string of the molecule is COc1ccc([N+](=O)[O-])c(N2CCCC(CO)C2)c1. The molecular weight excluding hydrogens is 248 g/mol. The molecule has 1 fully saturated rings. The van der Waals surface area contributed by atoms with Gasteiger partial charge in [0.15, 0.2) is 0 Å². The second kappa shape index (κ2) is 5.88. The maximum absolute atomic E-state index is 11.1. The lowest BCUT2D eigenvalue weighted by molar-refractivity contribution is -0.384. The number of nitrogens with zero attached hydrogens (tertiary/aromatic N) is 2. The Kier molecular flexibility index (Phi) is 4.21. The van der Waals surface area contributed by atoms with Crippen LogP contribution in [0.1, 0.15) is 12.8 Å². The first-order chi connectivity index (χ1) is 9.15. The van der Waals surface area contributed by atoms with Gasteiger partial charge in [0.2, 0.25) is 0 Å². The van der Waals surface area contributed by atoms with E-state index in [0.717, 1.165) is 19.4 Å². The number of nitro benzene ring substituents is 1. The molecule has 1 aliphatic rings. The van der Waals surface area contributed by atoms with Gasteiger partial charge in [-0.15, -0.1) is 0 Å². The predicted molar refractivity (Wildman–Crippen MR) is 71.7 cm³/mol. The van der Waals surface area contributed by atoms with Gasteiger partial charge in [0.05, 0.1) is 12.0 Å². The molecule has 1 aromatic carbocycles. The highest BCUT2D eigenvalue weighted by Crippen LogP contribution is 2.34. The summed E-state index contributed by atoms with van der Waals surface area (Å²) < 4.78 is 5.13. The second-order valence-corrected chi connectivity index (χ2v) is 4.75. The first-order valence-electron chi connectivity index (χ1n) is 6.34. The van der Waals surface area contributed by atoms with E-state index in [1.54, 1.807) is 12.1 Å². The van der Waals surface area contributed by atoms with Gasteiger partial charge in [-0.2, -0.15) is 0 Å². The van der Waals surface area contributed by atoms with Crippen LogP contribution in [-0.4, -0.2) is 36.8 Å². The highest BCUT2D eigenvalue weighted by molar-refractivity contribution is 5.66. The minimum absolute atomic E-state index is 0.0828. The number of hydrogen-bond donors (Lipinski definition) is 1. The maximum Gasteiger partial charge on any atom is 0.292 e. The zero-order valence-corrected chi connectivity index (χ0v) is 10.9. The molecule has 6 heteroatoms. The van der Waals surface area contributed by atoms with Gasteiger partial charge in [0, 0.05) is 31.8 Å². The Hall–Kier alpha value is -1.82. The minimum atomic E-state index is -0.378. The van der Waals surface area contributed by atoms with E-state index in [4.69, 9.17) is 4.74 Å². The lowest BCUT2D eigenvalue weighted by Gasteiger charge is -2.33. The van der Waals surface area contributed by atoms with Crippen LogP contribution in [0.2, 0.25) is 0 Å². The number of ether oxygens (including phenoxy) is 1. The molecule has 0 bridgehead atoms. The number of nitro groups is 1. The standard InChI is InChI=1S/C13H18N2O4/c1-19-11-4-5-12(15(17)18)13(7-11)14-6-2-3-10(8-14)9-16/h4-5,7,10,16H,2-3,6,8-9H2,1H3. The van der Waals surface area contributed by atoms with Gasteiger partial charge in [0.25, 0.3) is 5.69 Å². The Labute approximate surface area is 111 Å². The van der Waals surface area contributed by atoms with E-state index in [2.05, 4.69) is 0 Å². The molecule has 1 saturated heterocycles. The summed E-state index contributed by atoms with van der Waals surface area (Å²) in [6.07, 6.45) is 1.89. The predicted octanol–water partition coefficient (Wildman–Crippen LogP) is 1.81. The average molecular weight is 266 g/mol. The third-order valence-corrected chi connectivity index (χ3v) is 3.50. The van der Waals surface area contributed by atoms with Crippen molar-refractivity contribution in [2.75, 3.05) is 31.7 Å². The summed E-state index contributed by atoms with van der Waals surface area (Å²) in [5, 5.41) is 20.4. The van der Waals surface area contributed by atoms with Crippen LogP contribution in [0.25, 0.3) is 0 Å². The highest BCUT2D eigenvalue weighted by Gasteiger charge is 2.25. The van der Waals surface area contributed by atoms with E-state index in [1.807, 2.05) is 4.90 Å². The van der Waals surface area contributed by atoms with Crippen molar-refractivity contribution >= 4 is 11.4 Å². The largest absolute Gasteiger partial charge is 0.497 e. The van der Waals surface area contributed by atoms with Crippen molar-refractivity contribution in [3.8, 4) is 5.75 Å². The summed E-state index contributed by atoms with van der Waals surface area (Å²) >= 11 is 0. The lowest BCUT2D eigenvalue weighted by atomic mass is 9.98. The summed E-state index contributed by atoms with van der Waals surface area (Å²) in [7, 11) is 1.54. The van der Waals surface area contributed by atoms with Crippen LogP contribution in [0.4, 0.5) is 11.4 Å². The van der Waals surface area contributed by atoms with Crippen molar-refractivity contribution in [3.05, 3.63) is 28.3 Å². The van der Waals surface area contributed by atoms with Crippen molar-refractivity contribution < 1.29 is 14.8 Å². The third-order valence-electron chi connectivity index (χ3n) is 3.50. The number of methoxy groups -OCH3 is 1. The normalized spacial score (nSPS) is 19.3. The minimum Gasteiger partial charge on any atom is -0.497 e. The van der Waals surface area contributed by atoms with Gasteiger partial charge in [-0.3, -0.25) is 10.1 Å². The molecule has 0 spiro atoms. The molecule has 104 valence electrons. The molecule has 1 unspecified atom stereocenters. The summed E-state index contributed by atoms with van der Waals surface area (Å²) in [4.78, 5) is 12.7. The summed E-state index contributed by atoms with van der Waals surface area (Å²) in [6, 6.07) is 4.75. The average Bonchev–Trinajstić information content (AvgIpc) is 2.46. The third kappa shape index (κ3) is 2.96. The van der Waals surface area contributed by atoms with Crippen LogP contribution < -0.4 is 9.64 Å². The molecule has 0 amide bonds. The molecule has 1 aromatic rings. The molecule has 0 saturated carbocycles. The Morgan fingerprint density at radius 1 is 1.58 bits per heavy atom. The molecular formula is C13H18N2O4. The van der Waals surface area contributed by atoms with Gasteiger partial charge in [0.1, 0.15) is 11.4 Å². The van der Waals surface area contributed by atoms with Crippen LogP contribution in [0.15, 0.2) is 18.2 Å². The molecule has 1 aliphatic heterocycles. The Balaban J connectivity index is 2.32. The fraction of sp³-hybridized carbons (Fsp3) is 0.538. The van der Waals surface area contributed by atoms with E-state index in [1.165, 1.54) is 13.2 Å². The van der Waals surface area contributed by atoms with Gasteiger partial charge in [-0.1, -0.05) is 0 Å². The molecule has 6 nitrogen and oxygen atoms in total. The van der Waals surface area contributed by atoms with Crippen LogP contribution in [0, 0.1) is 16.0 Å². The monoisotopic (exact) mass is 266 g/mol. The quantitative estimate of drug-likeness (QED) is 0.664. The van der Waals surface area contributed by atoms with Gasteiger partial charge in [-0.05, 0) is 24.8 Å². The smallest absolute Gasteiger partial charge is 0.292 e. The number of hydrogen-bond acceptors (Lipinski definition) is 5. The number of benzene rings is 1. The first kappa shape index (κ1) is 13.6. The van der Waals surface area contributed by atoms with Crippen molar-refractivity contribution in [3.63, 3.8) is 0 Å². The number of piperidine rings is 1. The fourth-order valence-corrected chi connectivity index (χ4v) is 2.47. The van der Waals surface area contributed by atoms with E-state index in [0.29, 0.717) is 18.0 Å². The molecule has 2 rings (SSSR count). The summed E-state index contributed by atoms with van der Waals surface area (Å²) in [5.41, 5.74) is 0.655. The van der Waals surface area contributed by atoms with Gasteiger partial charge in [-0.25, -0.2) is 0 Å². The van der Waals surface area contributed by atoms with E-state index >= 15 is 0 Å². The summed E-state index contributed by atoms with van der Waals surface area (Å²) in [6.45, 7) is 1.53. The van der Waals surface area contributed by atoms with Crippen molar-refractivity contribution in [1.82, 2.24) is 0 Å². The van der Waals surface area contributed by atoms with Crippen molar-refractivity contribution in [1.29, 1.82) is 0 Å². The first-order valence-corrected chi connectivity index (χ1v) is 6.34. The molecule has 0 aliphatic carbocycles. The number of rotatable bonds is 4. The van der Waals surface area contributed by atoms with Gasteiger partial charge < -0.3 is 14.7 Å². The molecule has 1 atom stereocenters. The molecule has 19 heavy (non-hydrogen) atoms. The Bertz CT molecular complexity index is 464. The topological polar surface area (TPSA) is 75.8 Å². The highest BCUT2D eigenvalue weighted by atomic mass is 16.6. The maximum atomic E-state index is 11.1. The molecule has 1 N–H and O–H groups in total. The van der Waals surface area contributed by atoms with E-state index in [9.17, 15) is 15.2 Å². The van der Waals surface area contributed by atoms with E-state index < -0.39 is 0 Å². The summed E-state index contributed by atoms with van der Waals surface area (Å²) in [5.74, 6) is 0.784. The number of aliphatic hydroxyl groups is 1. The van der Waals surface area contributed by atoms with Gasteiger partial charge >= 0.3 is 0 Å². The van der Waals surface area contributed by atoms with Crippen LogP contribution >= 0.6 is 0 Å². The molecule has 0 radical (unpaired) electrons. The number of anilines is 1. The van der Waals surface area contributed by atoms with Crippen molar-refractivity contribution in [2.45, 2.75) is 12.8 Å². The van der Waals surface area contributed by atoms with E-state index in [-0.39, 0.29) is 23.1 Å². The van der Waals surface area contributed by atoms with Crippen LogP contribution in [0.5, 0.6) is 5.75 Å². The number of aliphatic hydroxyl groups excluding tert-OH is 1. The Morgan fingerprint density at radius 3 is 3.00 bits per heavy atom. The zero-order chi connectivity index (χ0) is 13.8. The second-order valence-electron chi connectivity index (χ2n) is 4.75. The zero-order valence-electron chi connectivity index (χ0n) is 10.9. The van der Waals surface area contributed by atoms with Crippen LogP contribution in [0.3, 0.4) is 0 Å². The Morgan fingerprint density at radius 2 is 2.37 bits per heavy atom. The molecule has 1 heterocycles. The lowest BCUT2D eigenvalue weighted by Crippen LogP contribution is -2.37. The molecule has 0 aromatic heterocycles. The van der Waals surface area contributed by atoms with Crippen LogP contribution in [-0.2, 0) is 0 Å². The van der Waals surface area contributed by atoms with Crippen molar-refractivity contribution in [2.24, 2.45) is 5.92 Å². The fourth-order valence-electron chi connectivity index (χ4n) is 2.47.